The van der Waals surface area contributed by atoms with Gasteiger partial charge < -0.3 is 14.0 Å². The Bertz CT molecular complexity index is 1410. The van der Waals surface area contributed by atoms with Crippen LogP contribution >= 0.6 is 0 Å². The van der Waals surface area contributed by atoms with Crippen LogP contribution in [0.15, 0.2) is 47.4 Å². The van der Waals surface area contributed by atoms with Gasteiger partial charge in [-0.2, -0.15) is 0 Å². The van der Waals surface area contributed by atoms with E-state index in [-0.39, 0.29) is 48.3 Å². The second-order valence-corrected chi connectivity index (χ2v) is 19.9. The molecule has 0 aromatic heterocycles. The number of hydrogen-bond acceptors (Lipinski definition) is 7. The van der Waals surface area contributed by atoms with Gasteiger partial charge in [0, 0.05) is 0 Å². The summed E-state index contributed by atoms with van der Waals surface area (Å²) in [5.74, 6) is -1.93. The molecule has 9 heteroatoms. The molecule has 0 radical (unpaired) electrons. The van der Waals surface area contributed by atoms with Crippen LogP contribution in [0.4, 0.5) is 0 Å². The van der Waals surface area contributed by atoms with Crippen LogP contribution in [0.3, 0.4) is 0 Å². The van der Waals surface area contributed by atoms with Gasteiger partial charge in [0.15, 0.2) is 0 Å². The minimum absolute atomic E-state index is 0. The van der Waals surface area contributed by atoms with Crippen LogP contribution in [0.1, 0.15) is 291 Å². The van der Waals surface area contributed by atoms with E-state index in [9.17, 15) is 22.6 Å². The van der Waals surface area contributed by atoms with E-state index in [1.165, 1.54) is 237 Å². The molecule has 0 atom stereocenters. The number of esters is 2. The average molecular weight is 937 g/mol. The van der Waals surface area contributed by atoms with Crippen molar-refractivity contribution in [2.75, 3.05) is 13.2 Å². The number of ether oxygens (including phenoxy) is 2. The maximum atomic E-state index is 13.1. The predicted octanol–water partition coefficient (Wildman–Crippen LogP) is 14.7. The van der Waals surface area contributed by atoms with Crippen LogP contribution < -0.4 is 29.6 Å². The minimum atomic E-state index is -5.05. The number of hydrogen-bond donors (Lipinski definition) is 0. The zero-order chi connectivity index (χ0) is 46.4. The normalized spacial score (nSPS) is 11.7. The Hall–Kier alpha value is -1.45. The molecule has 370 valence electrons. The number of benzene rings is 1. The van der Waals surface area contributed by atoms with Crippen molar-refractivity contribution in [2.24, 2.45) is 0 Å². The third-order valence-corrected chi connectivity index (χ3v) is 13.5. The minimum Gasteiger partial charge on any atom is -0.744 e. The van der Waals surface area contributed by atoms with Crippen LogP contribution in [0, 0.1) is 0 Å². The average Bonchev–Trinajstić information content (AvgIpc) is 3.28. The fourth-order valence-electron chi connectivity index (χ4n) is 8.57. The standard InChI is InChI=1S/C56H98O7S.Na/c1-3-5-7-9-11-13-15-17-19-21-23-25-27-29-31-33-35-37-39-41-43-45-50-62-55(57)52-48-47-49-53(64(59,60)61)54(52)56(58)63-51-46-44-42-40-38-36-34-32-30-28-26-24-22-20-18-16-14-12-10-8-6-4-2;/h43-49H,3-42,50-51H2,1-2H3,(H,59,60,61);/q;+1/p-1/b45-43+,46-44+;. The molecule has 0 aliphatic carbocycles. The van der Waals surface area contributed by atoms with Crippen LogP contribution in [0.5, 0.6) is 0 Å². The summed E-state index contributed by atoms with van der Waals surface area (Å²) in [5.41, 5.74) is -0.875. The Labute approximate surface area is 423 Å². The first-order valence-electron chi connectivity index (χ1n) is 27.1. The number of carbonyl (C=O) groups is 2. The number of unbranched alkanes of at least 4 members (excludes halogenated alkanes) is 38. The summed E-state index contributed by atoms with van der Waals surface area (Å²) in [6.07, 6.45) is 60.1. The monoisotopic (exact) mass is 937 g/mol. The van der Waals surface area contributed by atoms with Gasteiger partial charge in [-0.3, -0.25) is 0 Å². The van der Waals surface area contributed by atoms with E-state index >= 15 is 0 Å². The van der Waals surface area contributed by atoms with Crippen molar-refractivity contribution in [1.29, 1.82) is 0 Å². The van der Waals surface area contributed by atoms with Gasteiger partial charge in [-0.1, -0.05) is 275 Å². The second kappa shape index (κ2) is 47.6. The SMILES string of the molecule is CCCCCCCCCCCCCCCCCCCCC/C=C/COC(=O)c1cccc(S(=O)(=O)[O-])c1C(=O)OC/C=C/CCCCCCCCCCCCCCCCCCCCC.[Na+]. The van der Waals surface area contributed by atoms with E-state index in [1.54, 1.807) is 12.2 Å². The molecule has 1 rings (SSSR count). The van der Waals surface area contributed by atoms with E-state index in [4.69, 9.17) is 9.47 Å². The van der Waals surface area contributed by atoms with Gasteiger partial charge in [0.05, 0.1) is 16.0 Å². The smallest absolute Gasteiger partial charge is 0.744 e. The Morgan fingerprint density at radius 3 is 1.00 bits per heavy atom. The number of carbonyl (C=O) groups excluding carboxylic acids is 2. The Balaban J connectivity index is 0.0000410. The fourth-order valence-corrected chi connectivity index (χ4v) is 9.26. The zero-order valence-electron chi connectivity index (χ0n) is 42.5. The molecular weight excluding hydrogens is 840 g/mol. The van der Waals surface area contributed by atoms with Crippen molar-refractivity contribution in [3.63, 3.8) is 0 Å². The molecule has 0 aliphatic heterocycles. The van der Waals surface area contributed by atoms with E-state index < -0.39 is 32.5 Å². The van der Waals surface area contributed by atoms with Crippen molar-refractivity contribution in [3.8, 4) is 0 Å². The molecule has 0 unspecified atom stereocenters. The summed E-state index contributed by atoms with van der Waals surface area (Å²) in [7, 11) is -5.05. The predicted molar refractivity (Wildman–Crippen MR) is 269 cm³/mol. The van der Waals surface area contributed by atoms with Gasteiger partial charge in [0.2, 0.25) is 0 Å². The summed E-state index contributed by atoms with van der Waals surface area (Å²) >= 11 is 0. The Kier molecular flexibility index (Phi) is 46.5. The molecule has 0 heterocycles. The first kappa shape index (κ1) is 63.5. The summed E-state index contributed by atoms with van der Waals surface area (Å²) < 4.78 is 46.8. The third kappa shape index (κ3) is 39.1. The van der Waals surface area contributed by atoms with Crippen LogP contribution in [0.2, 0.25) is 0 Å². The summed E-state index contributed by atoms with van der Waals surface area (Å²) in [5, 5.41) is 0. The quantitative estimate of drug-likeness (QED) is 0.0210. The third-order valence-electron chi connectivity index (χ3n) is 12.6. The first-order valence-corrected chi connectivity index (χ1v) is 28.5. The molecule has 0 saturated heterocycles. The van der Waals surface area contributed by atoms with Crippen molar-refractivity contribution in [2.45, 2.75) is 276 Å². The second-order valence-electron chi connectivity index (χ2n) is 18.6. The number of rotatable bonds is 47. The van der Waals surface area contributed by atoms with Gasteiger partial charge in [-0.05, 0) is 37.8 Å². The molecule has 65 heavy (non-hydrogen) atoms. The zero-order valence-corrected chi connectivity index (χ0v) is 45.3. The van der Waals surface area contributed by atoms with Crippen LogP contribution in [-0.2, 0) is 19.6 Å². The maximum absolute atomic E-state index is 13.1. The van der Waals surface area contributed by atoms with Gasteiger partial charge in [-0.15, -0.1) is 0 Å². The molecule has 0 spiro atoms. The van der Waals surface area contributed by atoms with E-state index in [0.717, 1.165) is 38.2 Å². The molecule has 0 fully saturated rings. The molecule has 7 nitrogen and oxygen atoms in total. The molecule has 0 bridgehead atoms. The van der Waals surface area contributed by atoms with Gasteiger partial charge >= 0.3 is 41.5 Å². The topological polar surface area (TPSA) is 110 Å². The van der Waals surface area contributed by atoms with Crippen molar-refractivity contribution in [3.05, 3.63) is 53.6 Å². The Morgan fingerprint density at radius 1 is 0.431 bits per heavy atom. The molecule has 0 saturated carbocycles. The van der Waals surface area contributed by atoms with E-state index in [2.05, 4.69) is 13.8 Å². The molecule has 1 aromatic rings. The molecule has 0 amide bonds. The maximum Gasteiger partial charge on any atom is 1.00 e. The largest absolute Gasteiger partial charge is 1.00 e. The summed E-state index contributed by atoms with van der Waals surface area (Å²) in [4.78, 5) is 25.2. The molecule has 0 N–H and O–H groups in total. The van der Waals surface area contributed by atoms with Gasteiger partial charge in [-0.25, -0.2) is 18.0 Å². The summed E-state index contributed by atoms with van der Waals surface area (Å²) in [6, 6.07) is 3.56. The van der Waals surface area contributed by atoms with Gasteiger partial charge in [0.25, 0.3) is 0 Å². The first-order chi connectivity index (χ1) is 31.3. The summed E-state index contributed by atoms with van der Waals surface area (Å²) in [6.45, 7) is 4.43. The molecule has 0 aliphatic rings. The van der Waals surface area contributed by atoms with Crippen LogP contribution in [-0.4, -0.2) is 38.1 Å². The van der Waals surface area contributed by atoms with Gasteiger partial charge in [0.1, 0.15) is 23.3 Å². The molecular formula is C56H97NaO7S. The van der Waals surface area contributed by atoms with E-state index in [0.29, 0.717) is 0 Å². The van der Waals surface area contributed by atoms with E-state index in [1.807, 2.05) is 12.2 Å². The van der Waals surface area contributed by atoms with Crippen molar-refractivity contribution >= 4 is 22.1 Å². The number of allylic oxidation sites excluding steroid dienone is 2. The van der Waals surface area contributed by atoms with Crippen molar-refractivity contribution < 1.29 is 61.6 Å². The Morgan fingerprint density at radius 2 is 0.708 bits per heavy atom. The van der Waals surface area contributed by atoms with Crippen molar-refractivity contribution in [1.82, 2.24) is 0 Å². The fraction of sp³-hybridized carbons (Fsp3) is 0.786. The van der Waals surface area contributed by atoms with Crippen LogP contribution in [0.25, 0.3) is 0 Å². The molecule has 1 aromatic carbocycles.